The van der Waals surface area contributed by atoms with Gasteiger partial charge in [-0.1, -0.05) is 0 Å². The maximum atomic E-state index is 12.6. The summed E-state index contributed by atoms with van der Waals surface area (Å²) in [5, 5.41) is 34.1. The van der Waals surface area contributed by atoms with Crippen LogP contribution in [0.4, 0.5) is 0 Å². The third-order valence-corrected chi connectivity index (χ3v) is 6.09. The third-order valence-electron chi connectivity index (χ3n) is 6.09. The van der Waals surface area contributed by atoms with Crippen LogP contribution >= 0.6 is 0 Å². The highest BCUT2D eigenvalue weighted by molar-refractivity contribution is 5.78. The van der Waals surface area contributed by atoms with Crippen molar-refractivity contribution in [2.75, 3.05) is 131 Å². The average Bonchev–Trinajstić information content (AvgIpc) is 2.91. The molecule has 0 aromatic carbocycles. The summed E-state index contributed by atoms with van der Waals surface area (Å²) in [6.45, 7) is 4.78. The monoisotopic (exact) mass is 605 g/mol. The Bertz CT molecular complexity index is 829. The molecule has 0 radical (unpaired) electrons. The summed E-state index contributed by atoms with van der Waals surface area (Å²) in [7, 11) is 0. The first-order valence-corrected chi connectivity index (χ1v) is 13.8. The van der Waals surface area contributed by atoms with E-state index in [0.717, 1.165) is 0 Å². The van der Waals surface area contributed by atoms with Gasteiger partial charge in [-0.3, -0.25) is 38.8 Å². The number of carboxylic acids is 3. The molecule has 0 aromatic heterocycles. The molecular formula is C24H45N8O10+. The molecule has 1 heterocycles. The second-order valence-electron chi connectivity index (χ2n) is 9.44. The minimum absolute atomic E-state index is 0.0409. The Hall–Kier alpha value is -3.09. The first-order valence-electron chi connectivity index (χ1n) is 13.8. The van der Waals surface area contributed by atoms with Gasteiger partial charge in [0.1, 0.15) is 17.2 Å². The molecule has 1 aliphatic heterocycles. The number of nitrogens with zero attached hydrogens (tertiary/aromatic N) is 6. The smallest absolute Gasteiger partial charge is 0.317 e. The van der Waals surface area contributed by atoms with Crippen molar-refractivity contribution in [3.63, 3.8) is 0 Å². The number of carbonyl (C=O) groups is 4. The molecule has 1 rings (SSSR count). The minimum atomic E-state index is -1.02. The molecule has 240 valence electrons. The van der Waals surface area contributed by atoms with Gasteiger partial charge in [0.15, 0.2) is 0 Å². The van der Waals surface area contributed by atoms with Crippen molar-refractivity contribution >= 4 is 23.8 Å². The molecule has 1 fully saturated rings. The van der Waals surface area contributed by atoms with Crippen LogP contribution in [0.2, 0.25) is 0 Å². The summed E-state index contributed by atoms with van der Waals surface area (Å²) < 4.78 is 16.1. The number of carbonyl (C=O) groups excluding carboxylic acids is 1. The molecule has 1 aliphatic rings. The van der Waals surface area contributed by atoms with Crippen LogP contribution < -0.4 is 10.2 Å². The zero-order valence-corrected chi connectivity index (χ0v) is 24.0. The molecule has 5 N–H and O–H groups in total. The molecule has 1 amide bonds. The standard InChI is InChI=1S/C24H44N8O10/c25-28-27-2-12-41-14-16-42-15-13-40-11-1-26-21(33)17-29-3-5-30(18-22(34)35)7-9-32(20-24(38)39)10-8-31(6-4-29)19-23(36)37/h25H,1-20H2,(H3-,26,33,34,35,36,37,38,39)/p+1. The Morgan fingerprint density at radius 3 is 1.36 bits per heavy atom. The van der Waals surface area contributed by atoms with Gasteiger partial charge in [-0.25, -0.2) is 0 Å². The summed E-state index contributed by atoms with van der Waals surface area (Å²) in [6.07, 6.45) is 0. The second kappa shape index (κ2) is 23.5. The zero-order valence-electron chi connectivity index (χ0n) is 24.0. The molecule has 0 saturated carbocycles. The van der Waals surface area contributed by atoms with E-state index in [1.54, 1.807) is 14.7 Å². The van der Waals surface area contributed by atoms with Crippen LogP contribution in [0.15, 0.2) is 5.11 Å². The van der Waals surface area contributed by atoms with Gasteiger partial charge in [0.2, 0.25) is 10.8 Å². The van der Waals surface area contributed by atoms with Gasteiger partial charge >= 0.3 is 17.9 Å². The molecule has 0 spiro atoms. The number of nitrogens with one attached hydrogen (secondary N) is 2. The van der Waals surface area contributed by atoms with Gasteiger partial charge < -0.3 is 34.8 Å². The third kappa shape index (κ3) is 20.7. The Labute approximate surface area is 244 Å². The van der Waals surface area contributed by atoms with Crippen LogP contribution in [0.5, 0.6) is 0 Å². The lowest BCUT2D eigenvalue weighted by Gasteiger charge is -2.32. The minimum Gasteiger partial charge on any atom is -0.480 e. The fourth-order valence-electron chi connectivity index (χ4n) is 4.00. The number of amides is 1. The molecule has 0 bridgehead atoms. The van der Waals surface area contributed by atoms with Crippen LogP contribution in [-0.4, -0.2) is 190 Å². The van der Waals surface area contributed by atoms with Crippen molar-refractivity contribution in [2.24, 2.45) is 5.11 Å². The number of ether oxygens (including phenoxy) is 3. The van der Waals surface area contributed by atoms with Gasteiger partial charge in [0.25, 0.3) is 0 Å². The van der Waals surface area contributed by atoms with Gasteiger partial charge in [-0.05, 0) is 0 Å². The summed E-state index contributed by atoms with van der Waals surface area (Å²) in [5.74, 6) is -3.28. The molecule has 0 aliphatic carbocycles. The molecule has 42 heavy (non-hydrogen) atoms. The lowest BCUT2D eigenvalue weighted by Crippen LogP contribution is -2.50. The number of aliphatic carboxylic acids is 3. The molecule has 0 aromatic rings. The lowest BCUT2D eigenvalue weighted by atomic mass is 10.3. The highest BCUT2D eigenvalue weighted by Crippen LogP contribution is 2.01. The van der Waals surface area contributed by atoms with E-state index in [1.165, 1.54) is 0 Å². The van der Waals surface area contributed by atoms with Crippen LogP contribution in [0.3, 0.4) is 0 Å². The summed E-state index contributed by atoms with van der Waals surface area (Å²) in [4.78, 5) is 56.5. The van der Waals surface area contributed by atoms with Crippen LogP contribution in [0.1, 0.15) is 0 Å². The molecule has 18 heteroatoms. The van der Waals surface area contributed by atoms with Gasteiger partial charge in [-0.15, -0.1) is 0 Å². The van der Waals surface area contributed by atoms with Crippen molar-refractivity contribution in [2.45, 2.75) is 0 Å². The fraction of sp³-hybridized carbons (Fsp3) is 0.833. The van der Waals surface area contributed by atoms with Crippen LogP contribution in [0.25, 0.3) is 0 Å². The predicted octanol–water partition coefficient (Wildman–Crippen LogP) is -2.82. The van der Waals surface area contributed by atoms with Gasteiger partial charge in [-0.2, -0.15) is 0 Å². The number of hydrogen-bond donors (Lipinski definition) is 5. The van der Waals surface area contributed by atoms with E-state index >= 15 is 0 Å². The molecule has 18 nitrogen and oxygen atoms in total. The van der Waals surface area contributed by atoms with Crippen LogP contribution in [0, 0.1) is 5.53 Å². The largest absolute Gasteiger partial charge is 0.480 e. The predicted molar refractivity (Wildman–Crippen MR) is 146 cm³/mol. The lowest BCUT2D eigenvalue weighted by molar-refractivity contribution is -0.140. The number of carboxylic acid groups (broad SMARTS) is 3. The van der Waals surface area contributed by atoms with Crippen molar-refractivity contribution in [1.82, 2.24) is 29.8 Å². The quantitative estimate of drug-likeness (QED) is 0.0535. The Kier molecular flexibility index (Phi) is 20.6. The maximum absolute atomic E-state index is 12.6. The molecule has 0 unspecified atom stereocenters. The molecular weight excluding hydrogens is 560 g/mol. The summed E-state index contributed by atoms with van der Waals surface area (Å²) >= 11 is 0. The van der Waals surface area contributed by atoms with E-state index in [0.29, 0.717) is 91.9 Å². The second-order valence-corrected chi connectivity index (χ2v) is 9.44. The van der Waals surface area contributed by atoms with Crippen molar-refractivity contribution in [1.29, 1.82) is 5.53 Å². The van der Waals surface area contributed by atoms with E-state index < -0.39 is 17.9 Å². The first-order chi connectivity index (χ1) is 20.2. The van der Waals surface area contributed by atoms with E-state index in [9.17, 15) is 34.5 Å². The molecule has 1 saturated heterocycles. The van der Waals surface area contributed by atoms with Gasteiger partial charge in [0.05, 0.1) is 65.8 Å². The number of rotatable bonds is 20. The van der Waals surface area contributed by atoms with Crippen molar-refractivity contribution in [3.05, 3.63) is 0 Å². The van der Waals surface area contributed by atoms with E-state index in [2.05, 4.69) is 15.3 Å². The average molecular weight is 606 g/mol. The van der Waals surface area contributed by atoms with Crippen molar-refractivity contribution < 1.29 is 48.7 Å². The zero-order chi connectivity index (χ0) is 31.0. The highest BCUT2D eigenvalue weighted by Gasteiger charge is 2.21. The SMILES string of the molecule is N=[N+]=NCCOCCOCCOCCNC(=O)CN1CCN(CC(=O)O)CCN(CC(=O)O)CCN(CC(=O)O)CC1. The Morgan fingerprint density at radius 2 is 0.976 bits per heavy atom. The van der Waals surface area contributed by atoms with E-state index in [4.69, 9.17) is 19.7 Å². The van der Waals surface area contributed by atoms with Gasteiger partial charge in [0, 0.05) is 58.9 Å². The van der Waals surface area contributed by atoms with Crippen molar-refractivity contribution in [3.8, 4) is 0 Å². The first kappa shape index (κ1) is 36.9. The molecule has 0 atom stereocenters. The summed E-state index contributed by atoms with van der Waals surface area (Å²) in [5.41, 5.74) is 6.53. The number of hydrogen-bond acceptors (Lipinski definition) is 13. The van der Waals surface area contributed by atoms with E-state index in [-0.39, 0.29) is 45.2 Å². The topological polar surface area (TPSA) is 232 Å². The summed E-state index contributed by atoms with van der Waals surface area (Å²) in [6, 6.07) is 0. The maximum Gasteiger partial charge on any atom is 0.317 e. The van der Waals surface area contributed by atoms with Crippen LogP contribution in [-0.2, 0) is 33.4 Å². The normalized spacial score (nSPS) is 16.6. The Morgan fingerprint density at radius 1 is 0.619 bits per heavy atom. The Balaban J connectivity index is 2.51. The van der Waals surface area contributed by atoms with E-state index in [1.807, 2.05) is 4.90 Å². The highest BCUT2D eigenvalue weighted by atomic mass is 16.5. The fourth-order valence-corrected chi connectivity index (χ4v) is 4.00.